The van der Waals surface area contributed by atoms with Crippen LogP contribution in [0.15, 0.2) is 17.0 Å². The Morgan fingerprint density at radius 3 is 2.40 bits per heavy atom. The lowest BCUT2D eigenvalue weighted by molar-refractivity contribution is 0.610. The van der Waals surface area contributed by atoms with Gasteiger partial charge >= 0.3 is 0 Å². The molecule has 1 aromatic carbocycles. The first kappa shape index (κ1) is 12.3. The maximum atomic E-state index is 11.2. The summed E-state index contributed by atoms with van der Waals surface area (Å²) >= 11 is 5.47. The van der Waals surface area contributed by atoms with Crippen molar-refractivity contribution in [3.63, 3.8) is 0 Å². The van der Waals surface area contributed by atoms with Crippen LogP contribution in [-0.2, 0) is 9.05 Å². The highest BCUT2D eigenvalue weighted by Crippen LogP contribution is 2.28. The second-order valence-corrected chi connectivity index (χ2v) is 5.89. The number of rotatable bonds is 2. The lowest BCUT2D eigenvalue weighted by Crippen LogP contribution is -2.05. The van der Waals surface area contributed by atoms with Gasteiger partial charge in [0.1, 0.15) is 10.1 Å². The predicted octanol–water partition coefficient (Wildman–Crippen LogP) is 2.07. The summed E-state index contributed by atoms with van der Waals surface area (Å²) in [5.74, 6) is 0. The van der Waals surface area contributed by atoms with Gasteiger partial charge in [0.05, 0.1) is 5.69 Å². The molecule has 15 heavy (non-hydrogen) atoms. The largest absolute Gasteiger partial charge is 0.397 e. The summed E-state index contributed by atoms with van der Waals surface area (Å²) in [7, 11) is 1.27. The van der Waals surface area contributed by atoms with Crippen LogP contribution < -0.4 is 5.73 Å². The Bertz CT molecular complexity index is 526. The Kier molecular flexibility index (Phi) is 3.28. The fourth-order valence-electron chi connectivity index (χ4n) is 1.15. The van der Waals surface area contributed by atoms with E-state index in [1.54, 1.807) is 6.92 Å². The highest BCUT2D eigenvalue weighted by Gasteiger charge is 2.18. The van der Waals surface area contributed by atoms with Gasteiger partial charge in [0.25, 0.3) is 9.05 Å². The van der Waals surface area contributed by atoms with Crippen LogP contribution in [0, 0.1) is 12.3 Å². The molecule has 0 spiro atoms. The third kappa shape index (κ3) is 2.62. The third-order valence-electron chi connectivity index (χ3n) is 1.79. The SMILES string of the molecule is Cc1cc(C(=N)Cl)c(N)c(S(=O)(=O)Cl)c1. The molecule has 0 saturated heterocycles. The Morgan fingerprint density at radius 1 is 1.47 bits per heavy atom. The topological polar surface area (TPSA) is 84.0 Å². The number of anilines is 1. The van der Waals surface area contributed by atoms with Crippen LogP contribution in [0.4, 0.5) is 5.69 Å². The lowest BCUT2D eigenvalue weighted by atomic mass is 10.1. The van der Waals surface area contributed by atoms with E-state index >= 15 is 0 Å². The number of hydrogen-bond acceptors (Lipinski definition) is 4. The van der Waals surface area contributed by atoms with Crippen molar-refractivity contribution >= 4 is 42.2 Å². The van der Waals surface area contributed by atoms with Crippen LogP contribution in [0.1, 0.15) is 11.1 Å². The minimum atomic E-state index is -3.92. The van der Waals surface area contributed by atoms with E-state index in [0.717, 1.165) is 0 Å². The molecule has 1 rings (SSSR count). The Balaban J connectivity index is 3.63. The molecule has 0 atom stereocenters. The van der Waals surface area contributed by atoms with E-state index in [1.165, 1.54) is 12.1 Å². The molecule has 82 valence electrons. The molecule has 0 aromatic heterocycles. The highest BCUT2D eigenvalue weighted by atomic mass is 35.7. The molecule has 7 heteroatoms. The summed E-state index contributed by atoms with van der Waals surface area (Å²) in [5, 5.41) is 6.90. The Morgan fingerprint density at radius 2 is 2.00 bits per heavy atom. The summed E-state index contributed by atoms with van der Waals surface area (Å²) in [6.07, 6.45) is 0. The van der Waals surface area contributed by atoms with E-state index in [1.807, 2.05) is 0 Å². The minimum Gasteiger partial charge on any atom is -0.397 e. The maximum Gasteiger partial charge on any atom is 0.263 e. The van der Waals surface area contributed by atoms with Crippen molar-refractivity contribution in [3.8, 4) is 0 Å². The van der Waals surface area contributed by atoms with Crippen molar-refractivity contribution in [3.05, 3.63) is 23.3 Å². The van der Waals surface area contributed by atoms with Crippen molar-refractivity contribution in [2.45, 2.75) is 11.8 Å². The fraction of sp³-hybridized carbons (Fsp3) is 0.125. The van der Waals surface area contributed by atoms with Crippen molar-refractivity contribution in [2.75, 3.05) is 5.73 Å². The van der Waals surface area contributed by atoms with Crippen LogP contribution in [0.5, 0.6) is 0 Å². The molecule has 0 radical (unpaired) electrons. The van der Waals surface area contributed by atoms with Gasteiger partial charge in [-0.15, -0.1) is 0 Å². The molecule has 0 aliphatic carbocycles. The number of hydrogen-bond donors (Lipinski definition) is 2. The van der Waals surface area contributed by atoms with Crippen LogP contribution in [0.3, 0.4) is 0 Å². The molecule has 0 bridgehead atoms. The van der Waals surface area contributed by atoms with Gasteiger partial charge in [-0.1, -0.05) is 11.6 Å². The number of nitrogens with one attached hydrogen (secondary N) is 1. The number of aryl methyl sites for hydroxylation is 1. The monoisotopic (exact) mass is 266 g/mol. The molecule has 0 fully saturated rings. The molecule has 4 nitrogen and oxygen atoms in total. The third-order valence-corrected chi connectivity index (χ3v) is 3.35. The molecule has 1 aromatic rings. The molecule has 0 aliphatic rings. The standard InChI is InChI=1S/C8H8Cl2N2O2S/c1-4-2-5(8(9)12)7(11)6(3-4)15(10,13)14/h2-3,12H,11H2,1H3. The highest BCUT2D eigenvalue weighted by molar-refractivity contribution is 8.13. The van der Waals surface area contributed by atoms with Crippen molar-refractivity contribution in [1.29, 1.82) is 5.41 Å². The van der Waals surface area contributed by atoms with Gasteiger partial charge in [-0.3, -0.25) is 5.41 Å². The van der Waals surface area contributed by atoms with Gasteiger partial charge in [0.2, 0.25) is 0 Å². The molecular formula is C8H8Cl2N2O2S. The smallest absolute Gasteiger partial charge is 0.263 e. The van der Waals surface area contributed by atoms with E-state index in [9.17, 15) is 8.42 Å². The predicted molar refractivity (Wildman–Crippen MR) is 61.3 cm³/mol. The van der Waals surface area contributed by atoms with Gasteiger partial charge in [0, 0.05) is 16.2 Å². The average Bonchev–Trinajstić information content (AvgIpc) is 2.06. The van der Waals surface area contributed by atoms with Crippen LogP contribution in [0.25, 0.3) is 0 Å². The fourth-order valence-corrected chi connectivity index (χ4v) is 2.39. The van der Waals surface area contributed by atoms with Crippen molar-refractivity contribution < 1.29 is 8.42 Å². The molecule has 0 heterocycles. The Labute approximate surface area is 96.9 Å². The van der Waals surface area contributed by atoms with E-state index in [4.69, 9.17) is 33.4 Å². The molecule has 0 amide bonds. The Hall–Kier alpha value is -0.780. The zero-order chi connectivity index (χ0) is 11.8. The number of nitrogen functional groups attached to an aromatic ring is 1. The van der Waals surface area contributed by atoms with Gasteiger partial charge in [-0.2, -0.15) is 0 Å². The lowest BCUT2D eigenvalue weighted by Gasteiger charge is -2.08. The van der Waals surface area contributed by atoms with E-state index < -0.39 is 9.05 Å². The normalized spacial score (nSPS) is 11.4. The van der Waals surface area contributed by atoms with E-state index in [2.05, 4.69) is 0 Å². The van der Waals surface area contributed by atoms with E-state index in [-0.39, 0.29) is 21.3 Å². The molecule has 0 aliphatic heterocycles. The van der Waals surface area contributed by atoms with Crippen LogP contribution >= 0.6 is 22.3 Å². The maximum absolute atomic E-state index is 11.2. The molecule has 3 N–H and O–H groups in total. The first-order valence-corrected chi connectivity index (χ1v) is 6.51. The van der Waals surface area contributed by atoms with E-state index in [0.29, 0.717) is 5.56 Å². The van der Waals surface area contributed by atoms with Gasteiger partial charge in [-0.25, -0.2) is 8.42 Å². The molecule has 0 unspecified atom stereocenters. The first-order chi connectivity index (χ1) is 6.73. The first-order valence-electron chi connectivity index (χ1n) is 3.82. The van der Waals surface area contributed by atoms with Gasteiger partial charge in [-0.05, 0) is 24.6 Å². The van der Waals surface area contributed by atoms with Crippen LogP contribution in [0.2, 0.25) is 0 Å². The average molecular weight is 267 g/mol. The van der Waals surface area contributed by atoms with Gasteiger partial charge < -0.3 is 5.73 Å². The second kappa shape index (κ2) is 4.00. The zero-order valence-electron chi connectivity index (χ0n) is 7.71. The minimum absolute atomic E-state index is 0.101. The summed E-state index contributed by atoms with van der Waals surface area (Å²) in [5.41, 5.74) is 6.23. The summed E-state index contributed by atoms with van der Waals surface area (Å²) in [6.45, 7) is 1.66. The van der Waals surface area contributed by atoms with Crippen LogP contribution in [-0.4, -0.2) is 13.6 Å². The van der Waals surface area contributed by atoms with Crippen molar-refractivity contribution in [1.82, 2.24) is 0 Å². The molecular weight excluding hydrogens is 259 g/mol. The number of nitrogens with two attached hydrogens (primary N) is 1. The van der Waals surface area contributed by atoms with Crippen molar-refractivity contribution in [2.24, 2.45) is 0 Å². The quantitative estimate of drug-likeness (QED) is 0.488. The summed E-state index contributed by atoms with van der Waals surface area (Å²) < 4.78 is 22.3. The summed E-state index contributed by atoms with van der Waals surface area (Å²) in [4.78, 5) is -0.218. The summed E-state index contributed by atoms with van der Waals surface area (Å²) in [6, 6.07) is 2.86. The number of halogens is 2. The number of benzene rings is 1. The zero-order valence-corrected chi connectivity index (χ0v) is 10.0. The van der Waals surface area contributed by atoms with Gasteiger partial charge in [0.15, 0.2) is 0 Å². The molecule has 0 saturated carbocycles. The second-order valence-electron chi connectivity index (χ2n) is 2.98.